The first-order valence-corrected chi connectivity index (χ1v) is 6.60. The van der Waals surface area contributed by atoms with E-state index < -0.39 is 36.3 Å². The van der Waals surface area contributed by atoms with Crippen molar-refractivity contribution in [3.8, 4) is 0 Å². The molecule has 0 unspecified atom stereocenters. The number of epoxide rings is 1. The van der Waals surface area contributed by atoms with Crippen LogP contribution in [0.15, 0.2) is 34.9 Å². The van der Waals surface area contributed by atoms with Gasteiger partial charge in [0.15, 0.2) is 11.4 Å². The van der Waals surface area contributed by atoms with Gasteiger partial charge in [0, 0.05) is 5.57 Å². The minimum atomic E-state index is -1.44. The van der Waals surface area contributed by atoms with Crippen molar-refractivity contribution in [3.63, 3.8) is 0 Å². The highest BCUT2D eigenvalue weighted by Crippen LogP contribution is 2.50. The zero-order valence-corrected chi connectivity index (χ0v) is 11.8. The van der Waals surface area contributed by atoms with E-state index in [-0.39, 0.29) is 5.57 Å². The van der Waals surface area contributed by atoms with Gasteiger partial charge in [-0.2, -0.15) is 0 Å². The van der Waals surface area contributed by atoms with E-state index in [4.69, 9.17) is 4.74 Å². The number of aliphatic hydroxyl groups excluding tert-OH is 3. The van der Waals surface area contributed by atoms with Crippen LogP contribution in [0.5, 0.6) is 0 Å². The third-order valence-electron chi connectivity index (χ3n) is 3.71. The van der Waals surface area contributed by atoms with Gasteiger partial charge in [0.05, 0.1) is 6.61 Å². The van der Waals surface area contributed by atoms with E-state index in [0.29, 0.717) is 5.57 Å². The van der Waals surface area contributed by atoms with Crippen molar-refractivity contribution in [3.05, 3.63) is 34.9 Å². The van der Waals surface area contributed by atoms with Crippen LogP contribution in [0, 0.1) is 0 Å². The highest BCUT2D eigenvalue weighted by atomic mass is 16.6. The van der Waals surface area contributed by atoms with Crippen LogP contribution in [0.3, 0.4) is 0 Å². The van der Waals surface area contributed by atoms with Gasteiger partial charge in [-0.15, -0.1) is 0 Å². The zero-order valence-electron chi connectivity index (χ0n) is 11.8. The van der Waals surface area contributed by atoms with Crippen LogP contribution in [0.1, 0.15) is 20.8 Å². The summed E-state index contributed by atoms with van der Waals surface area (Å²) in [6.45, 7) is 4.87. The third-order valence-corrected chi connectivity index (χ3v) is 3.71. The number of hydrogen-bond acceptors (Lipinski definition) is 5. The number of aliphatic hydroxyl groups is 3. The van der Waals surface area contributed by atoms with Gasteiger partial charge in [-0.05, 0) is 26.3 Å². The van der Waals surface area contributed by atoms with E-state index in [1.165, 1.54) is 6.08 Å². The predicted molar refractivity (Wildman–Crippen MR) is 73.0 cm³/mol. The Hall–Kier alpha value is -1.27. The lowest BCUT2D eigenvalue weighted by molar-refractivity contribution is -0.124. The Morgan fingerprint density at radius 3 is 2.65 bits per heavy atom. The molecule has 20 heavy (non-hydrogen) atoms. The number of allylic oxidation sites excluding steroid dienone is 2. The summed E-state index contributed by atoms with van der Waals surface area (Å²) in [5, 5.41) is 29.9. The summed E-state index contributed by atoms with van der Waals surface area (Å²) in [5.74, 6) is -0.451. The van der Waals surface area contributed by atoms with E-state index in [1.54, 1.807) is 32.9 Å². The Labute approximate surface area is 117 Å². The summed E-state index contributed by atoms with van der Waals surface area (Å²) in [6.07, 6.45) is 1.89. The molecule has 5 heteroatoms. The van der Waals surface area contributed by atoms with Crippen LogP contribution in [0.4, 0.5) is 0 Å². The molecule has 2 aliphatic rings. The van der Waals surface area contributed by atoms with Gasteiger partial charge in [-0.1, -0.05) is 23.8 Å². The Balaban J connectivity index is 2.45. The summed E-state index contributed by atoms with van der Waals surface area (Å²) >= 11 is 0. The first-order chi connectivity index (χ1) is 9.40. The maximum absolute atomic E-state index is 12.5. The summed E-state index contributed by atoms with van der Waals surface area (Å²) < 4.78 is 5.38. The van der Waals surface area contributed by atoms with Crippen molar-refractivity contribution in [2.45, 2.75) is 44.7 Å². The van der Waals surface area contributed by atoms with Crippen LogP contribution in [0.25, 0.3) is 0 Å². The van der Waals surface area contributed by atoms with E-state index in [1.807, 2.05) is 0 Å². The average molecular weight is 280 g/mol. The van der Waals surface area contributed by atoms with Crippen LogP contribution < -0.4 is 0 Å². The number of ether oxygens (including phenoxy) is 1. The summed E-state index contributed by atoms with van der Waals surface area (Å²) in [4.78, 5) is 12.5. The van der Waals surface area contributed by atoms with Gasteiger partial charge in [0.1, 0.15) is 18.3 Å². The summed E-state index contributed by atoms with van der Waals surface area (Å²) in [5.41, 5.74) is -0.134. The van der Waals surface area contributed by atoms with Crippen LogP contribution in [-0.2, 0) is 9.53 Å². The molecule has 4 atom stereocenters. The van der Waals surface area contributed by atoms with E-state index in [0.717, 1.165) is 5.57 Å². The van der Waals surface area contributed by atoms with Crippen molar-refractivity contribution in [2.75, 3.05) is 6.61 Å². The van der Waals surface area contributed by atoms with Crippen molar-refractivity contribution >= 4 is 5.78 Å². The summed E-state index contributed by atoms with van der Waals surface area (Å²) in [7, 11) is 0. The SMILES string of the molecule is C/C=C/C1=C(CO)C(=O)[C@]2([C@H](O)C=C(C)C)O[C@@H]2[C@H]1O. The Morgan fingerprint density at radius 1 is 1.50 bits per heavy atom. The molecule has 2 rings (SSSR count). The molecular weight excluding hydrogens is 260 g/mol. The third kappa shape index (κ3) is 2.07. The van der Waals surface area contributed by atoms with Crippen molar-refractivity contribution in [1.29, 1.82) is 0 Å². The Bertz CT molecular complexity index is 512. The maximum atomic E-state index is 12.5. The highest BCUT2D eigenvalue weighted by Gasteiger charge is 2.71. The molecule has 0 aromatic carbocycles. The molecule has 1 fully saturated rings. The molecule has 1 aliphatic heterocycles. The molecule has 5 nitrogen and oxygen atoms in total. The fraction of sp³-hybridized carbons (Fsp3) is 0.533. The quantitative estimate of drug-likeness (QED) is 0.507. The smallest absolute Gasteiger partial charge is 0.199 e. The van der Waals surface area contributed by atoms with Gasteiger partial charge in [0.2, 0.25) is 0 Å². The molecule has 110 valence electrons. The van der Waals surface area contributed by atoms with E-state index in [9.17, 15) is 20.1 Å². The van der Waals surface area contributed by atoms with Crippen molar-refractivity contribution in [2.24, 2.45) is 0 Å². The fourth-order valence-electron chi connectivity index (χ4n) is 2.72. The van der Waals surface area contributed by atoms with Gasteiger partial charge in [0.25, 0.3) is 0 Å². The molecule has 3 N–H and O–H groups in total. The molecule has 0 radical (unpaired) electrons. The molecule has 0 aromatic rings. The zero-order chi connectivity index (χ0) is 15.1. The van der Waals surface area contributed by atoms with Crippen molar-refractivity contribution < 1.29 is 24.9 Å². The van der Waals surface area contributed by atoms with E-state index in [2.05, 4.69) is 0 Å². The number of ketones is 1. The van der Waals surface area contributed by atoms with E-state index >= 15 is 0 Å². The van der Waals surface area contributed by atoms with Gasteiger partial charge >= 0.3 is 0 Å². The number of carbonyl (C=O) groups excluding carboxylic acids is 1. The van der Waals surface area contributed by atoms with Gasteiger partial charge in [-0.25, -0.2) is 0 Å². The second-order valence-electron chi connectivity index (χ2n) is 5.39. The lowest BCUT2D eigenvalue weighted by Crippen LogP contribution is -2.47. The number of fused-ring (bicyclic) bond motifs is 1. The molecule has 1 aliphatic carbocycles. The number of hydrogen-bond donors (Lipinski definition) is 3. The average Bonchev–Trinajstić information content (AvgIpc) is 3.13. The minimum absolute atomic E-state index is 0.102. The molecular formula is C15H20O5. The molecule has 0 saturated carbocycles. The second-order valence-corrected chi connectivity index (χ2v) is 5.39. The van der Waals surface area contributed by atoms with Crippen LogP contribution in [-0.4, -0.2) is 51.6 Å². The Kier molecular flexibility index (Phi) is 3.97. The molecule has 0 bridgehead atoms. The first kappa shape index (κ1) is 15.1. The minimum Gasteiger partial charge on any atom is -0.392 e. The monoisotopic (exact) mass is 280 g/mol. The number of rotatable bonds is 4. The number of Topliss-reactive ketones (excluding diaryl/α,β-unsaturated/α-hetero) is 1. The summed E-state index contributed by atoms with van der Waals surface area (Å²) in [6, 6.07) is 0. The first-order valence-electron chi connectivity index (χ1n) is 6.60. The second kappa shape index (κ2) is 5.26. The van der Waals surface area contributed by atoms with Crippen molar-refractivity contribution in [1.82, 2.24) is 0 Å². The maximum Gasteiger partial charge on any atom is 0.199 e. The molecule has 1 heterocycles. The predicted octanol–water partition coefficient (Wildman–Crippen LogP) is 0.260. The largest absolute Gasteiger partial charge is 0.392 e. The normalized spacial score (nSPS) is 34.2. The topological polar surface area (TPSA) is 90.3 Å². The molecule has 1 saturated heterocycles. The van der Waals surface area contributed by atoms with Gasteiger partial charge in [-0.3, -0.25) is 4.79 Å². The molecule has 0 amide bonds. The molecule has 0 aromatic heterocycles. The van der Waals surface area contributed by atoms with Crippen LogP contribution >= 0.6 is 0 Å². The highest BCUT2D eigenvalue weighted by molar-refractivity contribution is 6.07. The number of carbonyl (C=O) groups is 1. The lowest BCUT2D eigenvalue weighted by atomic mass is 9.77. The standard InChI is InChI=1S/C15H20O5/c1-4-5-9-10(7-16)13(19)15(11(17)6-8(2)3)14(20-15)12(9)18/h4-6,11-12,14,16-18H,7H2,1-3H3/b5-4+/t11-,12+,14-,15+/m1/s1. The van der Waals surface area contributed by atoms with Crippen LogP contribution in [0.2, 0.25) is 0 Å². The molecule has 0 spiro atoms. The van der Waals surface area contributed by atoms with Gasteiger partial charge < -0.3 is 20.1 Å². The fourth-order valence-corrected chi connectivity index (χ4v) is 2.72. The lowest BCUT2D eigenvalue weighted by Gasteiger charge is -2.26. The Morgan fingerprint density at radius 2 is 2.15 bits per heavy atom.